The van der Waals surface area contributed by atoms with Gasteiger partial charge in [0.15, 0.2) is 0 Å². The molecule has 6 nitrogen and oxygen atoms in total. The minimum absolute atomic E-state index is 0.0594. The molecule has 1 aliphatic rings. The fourth-order valence-corrected chi connectivity index (χ4v) is 4.34. The van der Waals surface area contributed by atoms with Gasteiger partial charge in [-0.15, -0.1) is 0 Å². The Labute approximate surface area is 187 Å². The van der Waals surface area contributed by atoms with E-state index in [2.05, 4.69) is 12.0 Å². The lowest BCUT2D eigenvalue weighted by Gasteiger charge is -2.23. The second kappa shape index (κ2) is 10.8. The van der Waals surface area contributed by atoms with Crippen LogP contribution in [-0.4, -0.2) is 33.2 Å². The number of hydrogen-bond acceptors (Lipinski definition) is 5. The third-order valence-corrected chi connectivity index (χ3v) is 6.03. The van der Waals surface area contributed by atoms with E-state index in [0.717, 1.165) is 53.8 Å². The molecule has 0 fully saturated rings. The summed E-state index contributed by atoms with van der Waals surface area (Å²) < 4.78 is 29.3. The van der Waals surface area contributed by atoms with Crippen molar-refractivity contribution in [1.82, 2.24) is 4.98 Å². The first-order valence-electron chi connectivity index (χ1n) is 10.6. The van der Waals surface area contributed by atoms with Gasteiger partial charge in [-0.2, -0.15) is 4.89 Å². The molecule has 1 heterocycles. The van der Waals surface area contributed by atoms with Gasteiger partial charge in [-0.3, -0.25) is 9.78 Å². The van der Waals surface area contributed by atoms with Gasteiger partial charge in [-0.1, -0.05) is 26.0 Å². The van der Waals surface area contributed by atoms with Crippen LogP contribution in [0.15, 0.2) is 24.3 Å². The van der Waals surface area contributed by atoms with Crippen LogP contribution in [0.1, 0.15) is 61.5 Å². The summed E-state index contributed by atoms with van der Waals surface area (Å²) in [4.78, 5) is 25.7. The number of pyridine rings is 1. The molecule has 3 rings (SSSR count). The first-order valence-corrected chi connectivity index (χ1v) is 12.0. The maximum Gasteiger partial charge on any atom is 0.508 e. The Kier molecular flexibility index (Phi) is 8.09. The van der Waals surface area contributed by atoms with E-state index >= 15 is 0 Å². The molecule has 2 unspecified atom stereocenters. The van der Waals surface area contributed by atoms with Crippen LogP contribution in [0.5, 0.6) is 0 Å². The van der Waals surface area contributed by atoms with Gasteiger partial charge in [0.1, 0.15) is 18.0 Å². The van der Waals surface area contributed by atoms with E-state index in [-0.39, 0.29) is 11.7 Å². The second-order valence-electron chi connectivity index (χ2n) is 8.13. The molecule has 1 aromatic heterocycles. The summed E-state index contributed by atoms with van der Waals surface area (Å²) in [5, 5.41) is 9.64. The number of carbonyl (C=O) groups is 1. The van der Waals surface area contributed by atoms with Gasteiger partial charge < -0.3 is 9.84 Å². The average Bonchev–Trinajstić information content (AvgIpc) is 2.73. The molecule has 168 valence electrons. The lowest BCUT2D eigenvalue weighted by atomic mass is 9.84. The Bertz CT molecular complexity index is 1070. The topological polar surface area (TPSA) is 96.7 Å². The molecule has 0 saturated carbocycles. The Balaban J connectivity index is 2.01. The smallest absolute Gasteiger partial charge is 0.388 e. The molecule has 32 heavy (non-hydrogen) atoms. The van der Waals surface area contributed by atoms with E-state index in [9.17, 15) is 18.9 Å². The molecule has 2 N–H and O–H groups in total. The van der Waals surface area contributed by atoms with Gasteiger partial charge in [0.25, 0.3) is 0 Å². The summed E-state index contributed by atoms with van der Waals surface area (Å²) in [5.41, 5.74) is 5.25. The normalized spacial score (nSPS) is 14.2. The molecule has 1 aromatic carbocycles. The molecule has 0 spiro atoms. The van der Waals surface area contributed by atoms with E-state index in [4.69, 9.17) is 14.6 Å². The van der Waals surface area contributed by atoms with E-state index in [1.807, 2.05) is 13.8 Å². The van der Waals surface area contributed by atoms with Crippen LogP contribution in [-0.2, 0) is 26.9 Å². The summed E-state index contributed by atoms with van der Waals surface area (Å²) in [7, 11) is -2.55. The summed E-state index contributed by atoms with van der Waals surface area (Å²) >= 11 is 0. The summed E-state index contributed by atoms with van der Waals surface area (Å²) in [6.07, 6.45) is 4.11. The number of halogens is 1. The third kappa shape index (κ3) is 5.98. The number of nitrogens with zero attached hydrogens (tertiary/aromatic N) is 1. The van der Waals surface area contributed by atoms with Crippen molar-refractivity contribution in [2.45, 2.75) is 58.0 Å². The van der Waals surface area contributed by atoms with Crippen molar-refractivity contribution in [1.29, 1.82) is 0 Å². The third-order valence-electron chi connectivity index (χ3n) is 5.29. The number of hydrogen-bond donors (Lipinski definition) is 2. The molecule has 0 aliphatic heterocycles. The minimum atomic E-state index is -2.55. The summed E-state index contributed by atoms with van der Waals surface area (Å²) in [6, 6.07) is 6.25. The van der Waals surface area contributed by atoms with Crippen LogP contribution in [0.25, 0.3) is 11.1 Å². The number of rotatable bonds is 6. The largest absolute Gasteiger partial charge is 0.508 e. The molecule has 0 radical (unpaired) electrons. The quantitative estimate of drug-likeness (QED) is 0.382. The zero-order valence-corrected chi connectivity index (χ0v) is 19.0. The number of esters is 1. The Hall–Kier alpha value is -2.65. The molecule has 0 saturated heterocycles. The zero-order chi connectivity index (χ0) is 23.3. The van der Waals surface area contributed by atoms with Crippen LogP contribution in [0.2, 0.25) is 0 Å². The van der Waals surface area contributed by atoms with Crippen molar-refractivity contribution in [2.75, 3.05) is 6.16 Å². The van der Waals surface area contributed by atoms with Crippen molar-refractivity contribution < 1.29 is 28.5 Å². The van der Waals surface area contributed by atoms with E-state index in [1.165, 1.54) is 12.1 Å². The monoisotopic (exact) mass is 458 g/mol. The Morgan fingerprint density at radius 1 is 1.25 bits per heavy atom. The average molecular weight is 458 g/mol. The molecule has 2 aromatic rings. The van der Waals surface area contributed by atoms with Crippen molar-refractivity contribution in [3.8, 4) is 23.2 Å². The van der Waals surface area contributed by atoms with Gasteiger partial charge in [-0.05, 0) is 65.3 Å². The van der Waals surface area contributed by atoms with Crippen molar-refractivity contribution in [2.24, 2.45) is 0 Å². The molecule has 0 amide bonds. The lowest BCUT2D eigenvalue weighted by molar-refractivity contribution is -0.138. The molecular formula is C24H26FNO5P+. The lowest BCUT2D eigenvalue weighted by Crippen LogP contribution is -2.16. The Morgan fingerprint density at radius 3 is 2.59 bits per heavy atom. The Morgan fingerprint density at radius 2 is 1.94 bits per heavy atom. The predicted octanol–water partition coefficient (Wildman–Crippen LogP) is 4.23. The first kappa shape index (κ1) is 24.0. The molecule has 8 heteroatoms. The number of aliphatic hydroxyl groups is 1. The molecule has 1 aliphatic carbocycles. The van der Waals surface area contributed by atoms with E-state index < -0.39 is 32.7 Å². The molecule has 2 atom stereocenters. The van der Waals surface area contributed by atoms with Gasteiger partial charge in [0.2, 0.25) is 6.16 Å². The maximum atomic E-state index is 13.6. The highest BCUT2D eigenvalue weighted by atomic mass is 31.1. The van der Waals surface area contributed by atoms with Gasteiger partial charge >= 0.3 is 14.0 Å². The van der Waals surface area contributed by atoms with E-state index in [1.54, 1.807) is 12.1 Å². The number of aryl methyl sites for hydroxylation is 1. The number of benzene rings is 1. The molecule has 0 bridgehead atoms. The highest BCUT2D eigenvalue weighted by Crippen LogP contribution is 2.37. The number of aliphatic hydroxyl groups excluding tert-OH is 1. The fraction of sp³-hybridized carbons (Fsp3) is 0.417. The standard InChI is InChI=1S/C24H25FNO5P/c1-15(2)24-20(11-12-31-22(28)13-18(27)14-32(29)30)23(16-7-9-17(25)10-8-16)19-5-3-4-6-21(19)26-24/h7-10,15,18,27H,3-6,13-14H2,1-2H3/p+1. The van der Waals surface area contributed by atoms with Gasteiger partial charge in [0, 0.05) is 11.3 Å². The fourth-order valence-electron chi connectivity index (χ4n) is 3.85. The first-order chi connectivity index (χ1) is 15.3. The number of carbonyl (C=O) groups excluding carboxylic acids is 1. The van der Waals surface area contributed by atoms with Crippen molar-refractivity contribution in [3.05, 3.63) is 52.6 Å². The molecular weight excluding hydrogens is 432 g/mol. The van der Waals surface area contributed by atoms with Crippen molar-refractivity contribution >= 4 is 14.0 Å². The van der Waals surface area contributed by atoms with Crippen LogP contribution >= 0.6 is 8.03 Å². The maximum absolute atomic E-state index is 13.6. The summed E-state index contributed by atoms with van der Waals surface area (Å²) in [5.74, 6) is 1.87. The predicted molar refractivity (Wildman–Crippen MR) is 119 cm³/mol. The van der Waals surface area contributed by atoms with Crippen LogP contribution in [0, 0.1) is 17.8 Å². The highest BCUT2D eigenvalue weighted by molar-refractivity contribution is 7.38. The van der Waals surface area contributed by atoms with Gasteiger partial charge in [0.05, 0.1) is 17.7 Å². The van der Waals surface area contributed by atoms with Crippen molar-refractivity contribution in [3.63, 3.8) is 0 Å². The number of fused-ring (bicyclic) bond motifs is 1. The van der Waals surface area contributed by atoms with Gasteiger partial charge in [-0.25, -0.2) is 4.39 Å². The van der Waals surface area contributed by atoms with Crippen LogP contribution in [0.4, 0.5) is 4.39 Å². The number of aromatic nitrogens is 1. The SMILES string of the molecule is CC(C)c1nc2c(c(-c3ccc(F)cc3)c1C#COC(=O)CC(O)C[P+](=O)O)CCCC2. The number of ether oxygens (including phenoxy) is 1. The second-order valence-corrected chi connectivity index (χ2v) is 9.20. The van der Waals surface area contributed by atoms with E-state index in [0.29, 0.717) is 5.56 Å². The summed E-state index contributed by atoms with van der Waals surface area (Å²) in [6.45, 7) is 4.02. The zero-order valence-electron chi connectivity index (χ0n) is 18.1. The van der Waals surface area contributed by atoms with Crippen LogP contribution in [0.3, 0.4) is 0 Å². The van der Waals surface area contributed by atoms with Crippen LogP contribution < -0.4 is 0 Å². The minimum Gasteiger partial charge on any atom is -0.388 e. The highest BCUT2D eigenvalue weighted by Gasteiger charge is 2.24.